The summed E-state index contributed by atoms with van der Waals surface area (Å²) in [6, 6.07) is 6.84. The zero-order valence-corrected chi connectivity index (χ0v) is 13.6. The maximum atomic E-state index is 6.19. The normalized spacial score (nSPS) is 12.6. The van der Waals surface area contributed by atoms with Crippen molar-refractivity contribution in [1.29, 1.82) is 0 Å². The monoisotopic (exact) mass is 363 g/mol. The van der Waals surface area contributed by atoms with E-state index in [0.29, 0.717) is 49.4 Å². The fourth-order valence-corrected chi connectivity index (χ4v) is 2.87. The van der Waals surface area contributed by atoms with E-state index in [0.717, 1.165) is 0 Å². The molecule has 0 amide bonds. The molecule has 2 aromatic rings. The van der Waals surface area contributed by atoms with E-state index in [4.69, 9.17) is 55.9 Å². The molecule has 3 rings (SSSR count). The lowest BCUT2D eigenvalue weighted by Crippen LogP contribution is -2.02. The van der Waals surface area contributed by atoms with Crippen LogP contribution in [0.2, 0.25) is 20.1 Å². The third kappa shape index (κ3) is 2.97. The molecule has 1 heterocycles. The average molecular weight is 365 g/mol. The first-order valence-corrected chi connectivity index (χ1v) is 7.53. The summed E-state index contributed by atoms with van der Waals surface area (Å²) in [4.78, 5) is 0. The van der Waals surface area contributed by atoms with Gasteiger partial charge in [0.05, 0.1) is 20.8 Å². The van der Waals surface area contributed by atoms with Crippen LogP contribution in [0.3, 0.4) is 0 Å². The minimum atomic E-state index is 0.196. The Kier molecular flexibility index (Phi) is 4.27. The van der Waals surface area contributed by atoms with E-state index in [-0.39, 0.29) is 6.79 Å². The molecule has 0 saturated carbocycles. The lowest BCUT2D eigenvalue weighted by molar-refractivity contribution is 0.174. The second-order valence-corrected chi connectivity index (χ2v) is 5.96. The summed E-state index contributed by atoms with van der Waals surface area (Å²) in [5, 5.41) is 5.11. The zero-order chi connectivity index (χ0) is 15.0. The van der Waals surface area contributed by atoms with E-state index in [1.54, 1.807) is 24.3 Å². The molecule has 0 unspecified atom stereocenters. The largest absolute Gasteiger partial charge is 0.454 e. The minimum Gasteiger partial charge on any atom is -0.454 e. The van der Waals surface area contributed by atoms with Gasteiger partial charge in [-0.1, -0.05) is 46.4 Å². The molecule has 3 nitrogen and oxygen atoms in total. The van der Waals surface area contributed by atoms with Gasteiger partial charge < -0.3 is 14.8 Å². The number of hydrogen-bond acceptors (Lipinski definition) is 3. The molecule has 1 aliphatic rings. The first-order chi connectivity index (χ1) is 10.1. The van der Waals surface area contributed by atoms with Crippen LogP contribution in [-0.2, 0) is 6.54 Å². The Hall–Kier alpha value is -1.00. The van der Waals surface area contributed by atoms with Gasteiger partial charge >= 0.3 is 0 Å². The molecule has 0 atom stereocenters. The van der Waals surface area contributed by atoms with Crippen LogP contribution in [0.15, 0.2) is 24.3 Å². The Balaban J connectivity index is 1.84. The van der Waals surface area contributed by atoms with Gasteiger partial charge in [-0.25, -0.2) is 0 Å². The molecular formula is C14H9Cl4NO2. The van der Waals surface area contributed by atoms with Crippen molar-refractivity contribution in [1.82, 2.24) is 0 Å². The summed E-state index contributed by atoms with van der Waals surface area (Å²) in [7, 11) is 0. The van der Waals surface area contributed by atoms with Crippen LogP contribution in [0.4, 0.5) is 5.69 Å². The molecule has 0 spiro atoms. The van der Waals surface area contributed by atoms with E-state index in [2.05, 4.69) is 5.32 Å². The SMILES string of the molecule is Clc1cc2c(cc1NCc1c(Cl)ccc(Cl)c1Cl)OCO2. The number of fused-ring (bicyclic) bond motifs is 1. The molecule has 0 saturated heterocycles. The third-order valence-electron chi connectivity index (χ3n) is 3.06. The highest BCUT2D eigenvalue weighted by Gasteiger charge is 2.17. The van der Waals surface area contributed by atoms with E-state index < -0.39 is 0 Å². The maximum Gasteiger partial charge on any atom is 0.231 e. The highest BCUT2D eigenvalue weighted by atomic mass is 35.5. The van der Waals surface area contributed by atoms with Gasteiger partial charge in [0.2, 0.25) is 6.79 Å². The number of anilines is 1. The summed E-state index contributed by atoms with van der Waals surface area (Å²) in [5.74, 6) is 1.27. The summed E-state index contributed by atoms with van der Waals surface area (Å²) in [6.07, 6.45) is 0. The number of ether oxygens (including phenoxy) is 2. The predicted octanol–water partition coefficient (Wildman–Crippen LogP) is 5.64. The Morgan fingerprint density at radius 1 is 0.905 bits per heavy atom. The van der Waals surface area contributed by atoms with Crippen LogP contribution in [0.25, 0.3) is 0 Å². The van der Waals surface area contributed by atoms with Crippen LogP contribution in [0.5, 0.6) is 11.5 Å². The fraction of sp³-hybridized carbons (Fsp3) is 0.143. The van der Waals surface area contributed by atoms with E-state index in [9.17, 15) is 0 Å². The van der Waals surface area contributed by atoms with E-state index in [1.807, 2.05) is 0 Å². The summed E-state index contributed by atoms with van der Waals surface area (Å²) < 4.78 is 10.6. The third-order valence-corrected chi connectivity index (χ3v) is 4.57. The molecule has 0 radical (unpaired) electrons. The first kappa shape index (κ1) is 14.9. The first-order valence-electron chi connectivity index (χ1n) is 6.01. The zero-order valence-electron chi connectivity index (χ0n) is 10.6. The number of benzene rings is 2. The lowest BCUT2D eigenvalue weighted by Gasteiger charge is -2.12. The van der Waals surface area contributed by atoms with E-state index >= 15 is 0 Å². The van der Waals surface area contributed by atoms with Crippen molar-refractivity contribution in [2.24, 2.45) is 0 Å². The molecule has 7 heteroatoms. The lowest BCUT2D eigenvalue weighted by atomic mass is 10.2. The molecule has 2 aromatic carbocycles. The number of rotatable bonds is 3. The van der Waals surface area contributed by atoms with Gasteiger partial charge in [-0.15, -0.1) is 0 Å². The van der Waals surface area contributed by atoms with E-state index in [1.165, 1.54) is 0 Å². The van der Waals surface area contributed by atoms with Crippen LogP contribution in [0, 0.1) is 0 Å². The molecular weight excluding hydrogens is 356 g/mol. The molecule has 110 valence electrons. The molecule has 21 heavy (non-hydrogen) atoms. The van der Waals surface area contributed by atoms with Crippen LogP contribution in [-0.4, -0.2) is 6.79 Å². The van der Waals surface area contributed by atoms with Crippen molar-refractivity contribution in [3.8, 4) is 11.5 Å². The van der Waals surface area contributed by atoms with Crippen LogP contribution >= 0.6 is 46.4 Å². The Bertz CT molecular complexity index is 706. The summed E-state index contributed by atoms with van der Waals surface area (Å²) in [6.45, 7) is 0.582. The van der Waals surface area contributed by atoms with Gasteiger partial charge in [0.1, 0.15) is 0 Å². The molecule has 1 N–H and O–H groups in total. The molecule has 0 aromatic heterocycles. The minimum absolute atomic E-state index is 0.196. The second-order valence-electron chi connectivity index (χ2n) is 4.36. The van der Waals surface area contributed by atoms with Gasteiger partial charge in [0.15, 0.2) is 11.5 Å². The average Bonchev–Trinajstić information content (AvgIpc) is 2.90. The Labute approximate surface area is 141 Å². The van der Waals surface area contributed by atoms with Gasteiger partial charge in [0.25, 0.3) is 0 Å². The van der Waals surface area contributed by atoms with Crippen molar-refractivity contribution in [2.75, 3.05) is 12.1 Å². The summed E-state index contributed by atoms with van der Waals surface area (Å²) in [5.41, 5.74) is 1.41. The van der Waals surface area contributed by atoms with Crippen molar-refractivity contribution in [3.05, 3.63) is 49.9 Å². The number of nitrogens with one attached hydrogen (secondary N) is 1. The van der Waals surface area contributed by atoms with Gasteiger partial charge in [-0.2, -0.15) is 0 Å². The van der Waals surface area contributed by atoms with Crippen molar-refractivity contribution in [2.45, 2.75) is 6.54 Å². The van der Waals surface area contributed by atoms with Gasteiger partial charge in [-0.3, -0.25) is 0 Å². The maximum absolute atomic E-state index is 6.19. The van der Waals surface area contributed by atoms with Crippen LogP contribution in [0.1, 0.15) is 5.56 Å². The molecule has 0 fully saturated rings. The standard InChI is InChI=1S/C14H9Cl4NO2/c15-8-1-2-9(16)14(18)7(8)5-19-11-4-13-12(3-10(11)17)20-6-21-13/h1-4,19H,5-6H2. The van der Waals surface area contributed by atoms with Crippen molar-refractivity contribution in [3.63, 3.8) is 0 Å². The smallest absolute Gasteiger partial charge is 0.231 e. The summed E-state index contributed by atoms with van der Waals surface area (Å²) >= 11 is 24.5. The second kappa shape index (κ2) is 6.01. The number of hydrogen-bond donors (Lipinski definition) is 1. The van der Waals surface area contributed by atoms with Gasteiger partial charge in [-0.05, 0) is 12.1 Å². The van der Waals surface area contributed by atoms with Crippen molar-refractivity contribution >= 4 is 52.1 Å². The molecule has 0 bridgehead atoms. The Morgan fingerprint density at radius 3 is 2.33 bits per heavy atom. The Morgan fingerprint density at radius 2 is 1.57 bits per heavy atom. The van der Waals surface area contributed by atoms with Crippen molar-refractivity contribution < 1.29 is 9.47 Å². The molecule has 1 aliphatic heterocycles. The highest BCUT2D eigenvalue weighted by molar-refractivity contribution is 6.44. The topological polar surface area (TPSA) is 30.5 Å². The number of halogens is 4. The predicted molar refractivity (Wildman–Crippen MR) is 86.4 cm³/mol. The quantitative estimate of drug-likeness (QED) is 0.714. The molecule has 0 aliphatic carbocycles. The van der Waals surface area contributed by atoms with Gasteiger partial charge in [0, 0.05) is 29.3 Å². The highest BCUT2D eigenvalue weighted by Crippen LogP contribution is 2.40. The van der Waals surface area contributed by atoms with Crippen LogP contribution < -0.4 is 14.8 Å². The fourth-order valence-electron chi connectivity index (χ4n) is 1.97.